The number of amides is 1. The number of hydrogen-bond acceptors (Lipinski definition) is 3. The van der Waals surface area contributed by atoms with E-state index in [-0.39, 0.29) is 25.1 Å². The van der Waals surface area contributed by atoms with Crippen LogP contribution in [0.4, 0.5) is 0 Å². The number of rotatable bonds is 8. The van der Waals surface area contributed by atoms with Gasteiger partial charge in [0.2, 0.25) is 5.91 Å². The van der Waals surface area contributed by atoms with Crippen molar-refractivity contribution in [2.24, 2.45) is 0 Å². The van der Waals surface area contributed by atoms with E-state index in [1.165, 1.54) is 5.56 Å². The first-order chi connectivity index (χ1) is 11.2. The highest BCUT2D eigenvalue weighted by atomic mass is 16.3. The molecule has 1 amide bonds. The molecule has 23 heavy (non-hydrogen) atoms. The van der Waals surface area contributed by atoms with Gasteiger partial charge in [-0.3, -0.25) is 4.79 Å². The van der Waals surface area contributed by atoms with Crippen molar-refractivity contribution < 1.29 is 9.90 Å². The summed E-state index contributed by atoms with van der Waals surface area (Å²) in [7, 11) is 0. The predicted octanol–water partition coefficient (Wildman–Crippen LogP) is 2.32. The maximum absolute atomic E-state index is 12.0. The summed E-state index contributed by atoms with van der Waals surface area (Å²) in [6.07, 6.45) is 0.579. The average Bonchev–Trinajstić information content (AvgIpc) is 2.59. The van der Waals surface area contributed by atoms with E-state index in [4.69, 9.17) is 0 Å². The Kier molecular flexibility index (Phi) is 6.78. The number of aliphatic hydroxyl groups excluding tert-OH is 1. The summed E-state index contributed by atoms with van der Waals surface area (Å²) in [4.78, 5) is 12.0. The van der Waals surface area contributed by atoms with Crippen molar-refractivity contribution in [1.82, 2.24) is 10.6 Å². The van der Waals surface area contributed by atoms with E-state index in [0.717, 1.165) is 11.1 Å². The van der Waals surface area contributed by atoms with Crippen molar-refractivity contribution in [1.29, 1.82) is 0 Å². The van der Waals surface area contributed by atoms with Gasteiger partial charge in [-0.2, -0.15) is 0 Å². The highest BCUT2D eigenvalue weighted by molar-refractivity contribution is 5.78. The van der Waals surface area contributed by atoms with Crippen LogP contribution in [0.15, 0.2) is 54.6 Å². The van der Waals surface area contributed by atoms with Crippen LogP contribution in [-0.4, -0.2) is 24.2 Å². The molecule has 0 spiro atoms. The van der Waals surface area contributed by atoms with E-state index >= 15 is 0 Å². The number of carbonyl (C=O) groups excluding carboxylic acids is 1. The lowest BCUT2D eigenvalue weighted by molar-refractivity contribution is -0.120. The molecule has 0 aliphatic rings. The van der Waals surface area contributed by atoms with Gasteiger partial charge in [-0.1, -0.05) is 60.2 Å². The van der Waals surface area contributed by atoms with Crippen molar-refractivity contribution in [2.45, 2.75) is 25.9 Å². The summed E-state index contributed by atoms with van der Waals surface area (Å²) in [5, 5.41) is 15.3. The summed E-state index contributed by atoms with van der Waals surface area (Å²) in [5.41, 5.74) is 3.36. The molecule has 4 heteroatoms. The molecule has 0 heterocycles. The molecule has 2 aromatic carbocycles. The molecule has 1 unspecified atom stereocenters. The maximum Gasteiger partial charge on any atom is 0.234 e. The summed E-state index contributed by atoms with van der Waals surface area (Å²) >= 11 is 0. The summed E-state index contributed by atoms with van der Waals surface area (Å²) in [5.74, 6) is -0.0514. The minimum atomic E-state index is -0.0514. The molecule has 2 aromatic rings. The second-order valence-electron chi connectivity index (χ2n) is 5.62. The molecule has 0 fully saturated rings. The van der Waals surface area contributed by atoms with Crippen LogP contribution in [0.5, 0.6) is 0 Å². The number of aryl methyl sites for hydroxylation is 1. The third kappa shape index (κ3) is 5.85. The van der Waals surface area contributed by atoms with E-state index in [2.05, 4.69) is 10.6 Å². The molecule has 0 aliphatic heterocycles. The average molecular weight is 312 g/mol. The van der Waals surface area contributed by atoms with Gasteiger partial charge >= 0.3 is 0 Å². The van der Waals surface area contributed by atoms with Gasteiger partial charge in [0.05, 0.1) is 6.54 Å². The molecule has 4 nitrogen and oxygen atoms in total. The number of nitrogens with one attached hydrogen (secondary N) is 2. The molecule has 0 saturated carbocycles. The summed E-state index contributed by atoms with van der Waals surface area (Å²) < 4.78 is 0. The van der Waals surface area contributed by atoms with E-state index in [1.807, 2.05) is 61.5 Å². The Morgan fingerprint density at radius 3 is 2.43 bits per heavy atom. The van der Waals surface area contributed by atoms with Gasteiger partial charge in [0, 0.05) is 19.2 Å². The van der Waals surface area contributed by atoms with Gasteiger partial charge in [0.25, 0.3) is 0 Å². The zero-order valence-electron chi connectivity index (χ0n) is 13.5. The number of carbonyl (C=O) groups is 1. The molecule has 0 saturated heterocycles. The Hall–Kier alpha value is -2.17. The van der Waals surface area contributed by atoms with Gasteiger partial charge in [-0.25, -0.2) is 0 Å². The zero-order chi connectivity index (χ0) is 16.5. The van der Waals surface area contributed by atoms with E-state index in [9.17, 15) is 9.90 Å². The maximum atomic E-state index is 12.0. The standard InChI is InChI=1S/C19H24N2O2/c1-15-7-9-16(10-8-15)13-21-19(23)14-20-18(11-12-22)17-5-3-2-4-6-17/h2-10,18,20,22H,11-14H2,1H3,(H,21,23). The zero-order valence-corrected chi connectivity index (χ0v) is 13.5. The minimum absolute atomic E-state index is 0.0219. The quantitative estimate of drug-likeness (QED) is 0.701. The SMILES string of the molecule is Cc1ccc(CNC(=O)CNC(CCO)c2ccccc2)cc1. The van der Waals surface area contributed by atoms with Gasteiger partial charge in [-0.05, 0) is 24.5 Å². The van der Waals surface area contributed by atoms with Crippen LogP contribution in [0.1, 0.15) is 29.2 Å². The van der Waals surface area contributed by atoms with Crippen molar-refractivity contribution in [3.63, 3.8) is 0 Å². The van der Waals surface area contributed by atoms with E-state index in [0.29, 0.717) is 13.0 Å². The highest BCUT2D eigenvalue weighted by Crippen LogP contribution is 2.15. The van der Waals surface area contributed by atoms with Crippen LogP contribution in [-0.2, 0) is 11.3 Å². The van der Waals surface area contributed by atoms with Gasteiger partial charge in [0.1, 0.15) is 0 Å². The second-order valence-corrected chi connectivity index (χ2v) is 5.62. The first kappa shape index (κ1) is 17.2. The van der Waals surface area contributed by atoms with Crippen molar-refractivity contribution in [2.75, 3.05) is 13.2 Å². The Balaban J connectivity index is 1.80. The lowest BCUT2D eigenvalue weighted by atomic mass is 10.0. The van der Waals surface area contributed by atoms with E-state index in [1.54, 1.807) is 0 Å². The third-order valence-electron chi connectivity index (χ3n) is 3.74. The molecule has 0 aromatic heterocycles. The van der Waals surface area contributed by atoms with Crippen LogP contribution < -0.4 is 10.6 Å². The normalized spacial score (nSPS) is 11.9. The van der Waals surface area contributed by atoms with Crippen LogP contribution >= 0.6 is 0 Å². The largest absolute Gasteiger partial charge is 0.396 e. The Bertz CT molecular complexity index is 597. The van der Waals surface area contributed by atoms with Gasteiger partial charge < -0.3 is 15.7 Å². The van der Waals surface area contributed by atoms with Crippen molar-refractivity contribution in [3.05, 3.63) is 71.3 Å². The summed E-state index contributed by atoms with van der Waals surface area (Å²) in [6.45, 7) is 2.87. The van der Waals surface area contributed by atoms with Crippen molar-refractivity contribution in [3.8, 4) is 0 Å². The van der Waals surface area contributed by atoms with E-state index < -0.39 is 0 Å². The first-order valence-electron chi connectivity index (χ1n) is 7.90. The number of hydrogen-bond donors (Lipinski definition) is 3. The monoisotopic (exact) mass is 312 g/mol. The van der Waals surface area contributed by atoms with Gasteiger partial charge in [-0.15, -0.1) is 0 Å². The Morgan fingerprint density at radius 2 is 1.78 bits per heavy atom. The molecule has 1 atom stereocenters. The number of benzene rings is 2. The molecule has 0 bridgehead atoms. The Labute approximate surface area is 137 Å². The fraction of sp³-hybridized carbons (Fsp3) is 0.316. The van der Waals surface area contributed by atoms with Crippen LogP contribution in [0.25, 0.3) is 0 Å². The predicted molar refractivity (Wildman–Crippen MR) is 91.9 cm³/mol. The molecular weight excluding hydrogens is 288 g/mol. The third-order valence-corrected chi connectivity index (χ3v) is 3.74. The lowest BCUT2D eigenvalue weighted by Crippen LogP contribution is -2.35. The first-order valence-corrected chi connectivity index (χ1v) is 7.90. The molecular formula is C19H24N2O2. The van der Waals surface area contributed by atoms with Crippen LogP contribution in [0, 0.1) is 6.92 Å². The van der Waals surface area contributed by atoms with Crippen molar-refractivity contribution >= 4 is 5.91 Å². The second kappa shape index (κ2) is 9.08. The lowest BCUT2D eigenvalue weighted by Gasteiger charge is -2.18. The van der Waals surface area contributed by atoms with Gasteiger partial charge in [0.15, 0.2) is 0 Å². The molecule has 3 N–H and O–H groups in total. The minimum Gasteiger partial charge on any atom is -0.396 e. The van der Waals surface area contributed by atoms with Crippen LogP contribution in [0.2, 0.25) is 0 Å². The smallest absolute Gasteiger partial charge is 0.234 e. The molecule has 122 valence electrons. The Morgan fingerprint density at radius 1 is 1.09 bits per heavy atom. The highest BCUT2D eigenvalue weighted by Gasteiger charge is 2.11. The molecule has 0 aliphatic carbocycles. The molecule has 2 rings (SSSR count). The molecule has 0 radical (unpaired) electrons. The number of aliphatic hydroxyl groups is 1. The summed E-state index contributed by atoms with van der Waals surface area (Å²) in [6, 6.07) is 17.9. The topological polar surface area (TPSA) is 61.4 Å². The fourth-order valence-corrected chi connectivity index (χ4v) is 2.39. The fourth-order valence-electron chi connectivity index (χ4n) is 2.39. The van der Waals surface area contributed by atoms with Crippen LogP contribution in [0.3, 0.4) is 0 Å².